The van der Waals surface area contributed by atoms with Crippen molar-refractivity contribution in [2.24, 2.45) is 5.73 Å². The van der Waals surface area contributed by atoms with Gasteiger partial charge in [0.1, 0.15) is 5.41 Å². The van der Waals surface area contributed by atoms with E-state index in [9.17, 15) is 10.1 Å². The quantitative estimate of drug-likeness (QED) is 0.698. The molecule has 3 rings (SSSR count). The first-order valence-electron chi connectivity index (χ1n) is 7.48. The van der Waals surface area contributed by atoms with Crippen LogP contribution in [0.3, 0.4) is 0 Å². The predicted octanol–water partition coefficient (Wildman–Crippen LogP) is 2.91. The number of allylic oxidation sites excluding steroid dienone is 2. The van der Waals surface area contributed by atoms with Crippen LogP contribution in [0.5, 0.6) is 0 Å². The van der Waals surface area contributed by atoms with E-state index in [2.05, 4.69) is 10.8 Å². The molecule has 1 unspecified atom stereocenters. The van der Waals surface area contributed by atoms with Crippen molar-refractivity contribution in [3.63, 3.8) is 0 Å². The predicted molar refractivity (Wildman–Crippen MR) is 91.5 cm³/mol. The Bertz CT molecular complexity index is 891. The van der Waals surface area contributed by atoms with Crippen LogP contribution in [-0.2, 0) is 14.9 Å². The summed E-state index contributed by atoms with van der Waals surface area (Å²) in [5.41, 5.74) is 8.81. The summed E-state index contributed by atoms with van der Waals surface area (Å²) in [6.07, 6.45) is 2.88. The van der Waals surface area contributed by atoms with Crippen LogP contribution in [0.15, 0.2) is 72.3 Å². The van der Waals surface area contributed by atoms with Crippen molar-refractivity contribution in [3.8, 4) is 6.07 Å². The first-order valence-corrected chi connectivity index (χ1v) is 7.48. The number of rotatable bonds is 3. The van der Waals surface area contributed by atoms with Gasteiger partial charge in [0.2, 0.25) is 0 Å². The number of carbonyl (C=O) groups excluding carboxylic acids is 1. The molecule has 0 aromatic heterocycles. The topological polar surface area (TPSA) is 76.1 Å². The summed E-state index contributed by atoms with van der Waals surface area (Å²) in [6.45, 7) is 0. The molecule has 1 aliphatic carbocycles. The maximum absolute atomic E-state index is 11.5. The van der Waals surface area contributed by atoms with Crippen LogP contribution in [0.4, 0.5) is 0 Å². The molecule has 2 aromatic rings. The van der Waals surface area contributed by atoms with Crippen LogP contribution in [0.1, 0.15) is 16.7 Å². The lowest BCUT2D eigenvalue weighted by molar-refractivity contribution is -0.134. The van der Waals surface area contributed by atoms with E-state index in [1.807, 2.05) is 54.6 Å². The molecule has 0 saturated heterocycles. The van der Waals surface area contributed by atoms with Crippen LogP contribution in [0.25, 0.3) is 5.70 Å². The standard InChI is InChI=1S/C20H16N2O2/c1-24-18(23)12-11-17-19(22)15-9-5-6-10-16(15)20(17,13-21)14-7-3-2-4-8-14/h2-12H,22H2,1H3/b12-11+. The van der Waals surface area contributed by atoms with Gasteiger partial charge in [0, 0.05) is 22.9 Å². The van der Waals surface area contributed by atoms with Crippen molar-refractivity contribution in [3.05, 3.63) is 89.0 Å². The van der Waals surface area contributed by atoms with E-state index in [0.29, 0.717) is 11.3 Å². The van der Waals surface area contributed by atoms with Gasteiger partial charge in [-0.05, 0) is 17.2 Å². The number of benzene rings is 2. The zero-order valence-electron chi connectivity index (χ0n) is 13.2. The number of nitriles is 1. The fraction of sp³-hybridized carbons (Fsp3) is 0.100. The molecule has 0 heterocycles. The average molecular weight is 316 g/mol. The van der Waals surface area contributed by atoms with Crippen LogP contribution in [0.2, 0.25) is 0 Å². The molecular weight excluding hydrogens is 300 g/mol. The van der Waals surface area contributed by atoms with E-state index in [-0.39, 0.29) is 0 Å². The number of hydrogen-bond donors (Lipinski definition) is 1. The van der Waals surface area contributed by atoms with Gasteiger partial charge in [0.05, 0.1) is 13.2 Å². The van der Waals surface area contributed by atoms with Crippen molar-refractivity contribution in [1.29, 1.82) is 5.26 Å². The molecule has 2 aromatic carbocycles. The molecule has 4 heteroatoms. The van der Waals surface area contributed by atoms with Crippen LogP contribution in [-0.4, -0.2) is 13.1 Å². The van der Waals surface area contributed by atoms with E-state index < -0.39 is 11.4 Å². The first kappa shape index (κ1) is 15.6. The second-order valence-electron chi connectivity index (χ2n) is 5.46. The largest absolute Gasteiger partial charge is 0.466 e. The second-order valence-corrected chi connectivity index (χ2v) is 5.46. The Morgan fingerprint density at radius 2 is 1.83 bits per heavy atom. The highest BCUT2D eigenvalue weighted by atomic mass is 16.5. The van der Waals surface area contributed by atoms with Gasteiger partial charge in [-0.2, -0.15) is 5.26 Å². The maximum atomic E-state index is 11.5. The first-order chi connectivity index (χ1) is 11.6. The Kier molecular flexibility index (Phi) is 3.93. The number of ether oxygens (including phenoxy) is 1. The Hall–Kier alpha value is -3.32. The summed E-state index contributed by atoms with van der Waals surface area (Å²) in [5.74, 6) is -0.494. The molecule has 0 amide bonds. The van der Waals surface area contributed by atoms with Gasteiger partial charge in [-0.1, -0.05) is 54.6 Å². The molecule has 0 spiro atoms. The molecular formula is C20H16N2O2. The summed E-state index contributed by atoms with van der Waals surface area (Å²) in [5, 5.41) is 10.1. The number of nitrogens with two attached hydrogens (primary N) is 1. The SMILES string of the molecule is COC(=O)/C=C/C1=C(N)c2ccccc2C1(C#N)c1ccccc1. The van der Waals surface area contributed by atoms with Crippen LogP contribution in [0, 0.1) is 11.3 Å². The normalized spacial score (nSPS) is 19.2. The highest BCUT2D eigenvalue weighted by Crippen LogP contribution is 2.49. The van der Waals surface area contributed by atoms with Gasteiger partial charge < -0.3 is 10.5 Å². The lowest BCUT2D eigenvalue weighted by Crippen LogP contribution is -2.26. The lowest BCUT2D eigenvalue weighted by Gasteiger charge is -2.25. The third-order valence-electron chi connectivity index (χ3n) is 4.28. The smallest absolute Gasteiger partial charge is 0.330 e. The number of carbonyl (C=O) groups is 1. The van der Waals surface area contributed by atoms with Gasteiger partial charge in [-0.15, -0.1) is 0 Å². The summed E-state index contributed by atoms with van der Waals surface area (Å²) >= 11 is 0. The minimum absolute atomic E-state index is 0.494. The minimum atomic E-state index is -1.05. The Balaban J connectivity index is 2.29. The molecule has 24 heavy (non-hydrogen) atoms. The Morgan fingerprint density at radius 1 is 1.17 bits per heavy atom. The molecule has 0 radical (unpaired) electrons. The third-order valence-corrected chi connectivity index (χ3v) is 4.28. The third kappa shape index (κ3) is 2.19. The molecule has 0 saturated carbocycles. The monoisotopic (exact) mass is 316 g/mol. The van der Waals surface area contributed by atoms with Crippen molar-refractivity contribution in [2.75, 3.05) is 7.11 Å². The van der Waals surface area contributed by atoms with Crippen molar-refractivity contribution < 1.29 is 9.53 Å². The Morgan fingerprint density at radius 3 is 2.50 bits per heavy atom. The fourth-order valence-electron chi connectivity index (χ4n) is 3.16. The number of nitrogens with zero attached hydrogens (tertiary/aromatic N) is 1. The lowest BCUT2D eigenvalue weighted by atomic mass is 9.73. The molecule has 1 aliphatic rings. The number of fused-ring (bicyclic) bond motifs is 1. The molecule has 4 nitrogen and oxygen atoms in total. The van der Waals surface area contributed by atoms with E-state index >= 15 is 0 Å². The second kappa shape index (κ2) is 6.05. The van der Waals surface area contributed by atoms with Gasteiger partial charge in [0.25, 0.3) is 0 Å². The number of hydrogen-bond acceptors (Lipinski definition) is 4. The molecule has 0 fully saturated rings. The Labute approximate surface area is 140 Å². The molecule has 1 atom stereocenters. The number of methoxy groups -OCH3 is 1. The highest BCUT2D eigenvalue weighted by molar-refractivity contribution is 5.88. The minimum Gasteiger partial charge on any atom is -0.466 e. The van der Waals surface area contributed by atoms with Gasteiger partial charge in [-0.25, -0.2) is 4.79 Å². The van der Waals surface area contributed by atoms with Gasteiger partial charge >= 0.3 is 5.97 Å². The van der Waals surface area contributed by atoms with E-state index in [1.54, 1.807) is 6.08 Å². The van der Waals surface area contributed by atoms with Crippen molar-refractivity contribution in [1.82, 2.24) is 0 Å². The maximum Gasteiger partial charge on any atom is 0.330 e. The summed E-state index contributed by atoms with van der Waals surface area (Å²) in [7, 11) is 1.31. The highest BCUT2D eigenvalue weighted by Gasteiger charge is 2.45. The fourth-order valence-corrected chi connectivity index (χ4v) is 3.16. The van der Waals surface area contributed by atoms with Crippen LogP contribution < -0.4 is 5.73 Å². The molecule has 118 valence electrons. The molecule has 2 N–H and O–H groups in total. The van der Waals surface area contributed by atoms with Gasteiger partial charge in [-0.3, -0.25) is 0 Å². The summed E-state index contributed by atoms with van der Waals surface area (Å²) in [6, 6.07) is 19.4. The zero-order valence-corrected chi connectivity index (χ0v) is 13.2. The van der Waals surface area contributed by atoms with E-state index in [1.165, 1.54) is 13.2 Å². The van der Waals surface area contributed by atoms with Crippen molar-refractivity contribution >= 4 is 11.7 Å². The van der Waals surface area contributed by atoms with Gasteiger partial charge in [0.15, 0.2) is 0 Å². The van der Waals surface area contributed by atoms with Crippen molar-refractivity contribution in [2.45, 2.75) is 5.41 Å². The van der Waals surface area contributed by atoms with E-state index in [0.717, 1.165) is 16.7 Å². The summed E-state index contributed by atoms with van der Waals surface area (Å²) in [4.78, 5) is 11.5. The average Bonchev–Trinajstić information content (AvgIpc) is 2.89. The zero-order chi connectivity index (χ0) is 17.2. The summed E-state index contributed by atoms with van der Waals surface area (Å²) < 4.78 is 4.66. The number of esters is 1. The molecule has 0 aliphatic heterocycles. The molecule has 0 bridgehead atoms. The van der Waals surface area contributed by atoms with Crippen LogP contribution >= 0.6 is 0 Å². The van der Waals surface area contributed by atoms with E-state index in [4.69, 9.17) is 5.73 Å².